The predicted octanol–water partition coefficient (Wildman–Crippen LogP) is 3.92. The van der Waals surface area contributed by atoms with E-state index < -0.39 is 34.2 Å². The van der Waals surface area contributed by atoms with Gasteiger partial charge in [-0.05, 0) is 49.4 Å². The Morgan fingerprint density at radius 2 is 1.75 bits per heavy atom. The first-order chi connectivity index (χ1) is 15.1. The van der Waals surface area contributed by atoms with Crippen molar-refractivity contribution in [3.63, 3.8) is 0 Å². The number of hydrogen-bond donors (Lipinski definition) is 1. The lowest BCUT2D eigenvalue weighted by atomic mass is 10.2. The van der Waals surface area contributed by atoms with Crippen LogP contribution in [0, 0.1) is 6.92 Å². The maximum atomic E-state index is 13.3. The highest BCUT2D eigenvalue weighted by Gasteiger charge is 2.33. The van der Waals surface area contributed by atoms with Crippen LogP contribution < -0.4 is 9.62 Å². The van der Waals surface area contributed by atoms with Gasteiger partial charge < -0.3 is 5.32 Å². The van der Waals surface area contributed by atoms with Gasteiger partial charge in [-0.1, -0.05) is 29.8 Å². The third kappa shape index (κ3) is 5.64. The monoisotopic (exact) mass is 463 g/mol. The molecule has 6 nitrogen and oxygen atoms in total. The number of amides is 1. The third-order valence-corrected chi connectivity index (χ3v) is 6.34. The van der Waals surface area contributed by atoms with E-state index in [1.807, 2.05) is 0 Å². The quantitative estimate of drug-likeness (QED) is 0.576. The summed E-state index contributed by atoms with van der Waals surface area (Å²) in [5.74, 6) is -0.691. The van der Waals surface area contributed by atoms with Crippen LogP contribution in [0.5, 0.6) is 0 Å². The van der Waals surface area contributed by atoms with E-state index in [9.17, 15) is 26.4 Å². The number of sulfonamides is 1. The van der Waals surface area contributed by atoms with Gasteiger partial charge in [0.1, 0.15) is 6.54 Å². The summed E-state index contributed by atoms with van der Waals surface area (Å²) in [5, 5.41) is 2.55. The molecule has 1 heterocycles. The fraction of sp³-hybridized carbons (Fsp3) is 0.182. The average Bonchev–Trinajstić information content (AvgIpc) is 2.76. The van der Waals surface area contributed by atoms with Crippen molar-refractivity contribution in [1.82, 2.24) is 10.3 Å². The fourth-order valence-electron chi connectivity index (χ4n) is 2.87. The summed E-state index contributed by atoms with van der Waals surface area (Å²) in [4.78, 5) is 16.5. The molecule has 32 heavy (non-hydrogen) atoms. The number of rotatable bonds is 7. The van der Waals surface area contributed by atoms with Gasteiger partial charge in [0.05, 0.1) is 28.4 Å². The molecule has 3 aromatic rings. The van der Waals surface area contributed by atoms with Crippen molar-refractivity contribution >= 4 is 21.6 Å². The van der Waals surface area contributed by atoms with Gasteiger partial charge in [-0.15, -0.1) is 0 Å². The molecule has 0 aliphatic carbocycles. The molecule has 1 aromatic heterocycles. The Morgan fingerprint density at radius 3 is 2.38 bits per heavy atom. The Labute approximate surface area is 183 Å². The second kappa shape index (κ2) is 9.39. The lowest BCUT2D eigenvalue weighted by molar-refractivity contribution is -0.137. The average molecular weight is 463 g/mol. The van der Waals surface area contributed by atoms with E-state index in [2.05, 4.69) is 10.3 Å². The lowest BCUT2D eigenvalue weighted by Gasteiger charge is -2.25. The molecule has 0 saturated heterocycles. The zero-order chi connectivity index (χ0) is 23.4. The normalized spacial score (nSPS) is 11.8. The minimum absolute atomic E-state index is 0.0423. The molecule has 0 aliphatic rings. The van der Waals surface area contributed by atoms with Crippen molar-refractivity contribution in [2.45, 2.75) is 24.5 Å². The molecule has 10 heteroatoms. The topological polar surface area (TPSA) is 79.4 Å². The van der Waals surface area contributed by atoms with E-state index in [0.717, 1.165) is 17.7 Å². The molecule has 0 atom stereocenters. The molecular formula is C22H20F3N3O3S. The Balaban J connectivity index is 1.94. The molecule has 168 valence electrons. The van der Waals surface area contributed by atoms with Gasteiger partial charge in [-0.3, -0.25) is 14.1 Å². The SMILES string of the molecule is Cc1ccc(S(=O)(=O)N(CC(=O)NCc2ccccn2)c2cccc(C(F)(F)F)c2)cc1. The first-order valence-corrected chi connectivity index (χ1v) is 10.9. The highest BCUT2D eigenvalue weighted by molar-refractivity contribution is 7.92. The zero-order valence-electron chi connectivity index (χ0n) is 17.0. The van der Waals surface area contributed by atoms with Crippen LogP contribution in [0.2, 0.25) is 0 Å². The molecule has 0 aliphatic heterocycles. The van der Waals surface area contributed by atoms with Crippen molar-refractivity contribution in [2.75, 3.05) is 10.8 Å². The largest absolute Gasteiger partial charge is 0.416 e. The van der Waals surface area contributed by atoms with Gasteiger partial charge in [-0.25, -0.2) is 8.42 Å². The highest BCUT2D eigenvalue weighted by Crippen LogP contribution is 2.33. The fourth-order valence-corrected chi connectivity index (χ4v) is 4.28. The lowest BCUT2D eigenvalue weighted by Crippen LogP contribution is -2.40. The Morgan fingerprint density at radius 1 is 1.03 bits per heavy atom. The smallest absolute Gasteiger partial charge is 0.349 e. The Kier molecular flexibility index (Phi) is 6.83. The van der Waals surface area contributed by atoms with Gasteiger partial charge in [-0.2, -0.15) is 13.2 Å². The number of halogens is 3. The molecular weight excluding hydrogens is 443 g/mol. The maximum Gasteiger partial charge on any atom is 0.416 e. The number of carbonyl (C=O) groups is 1. The summed E-state index contributed by atoms with van der Waals surface area (Å²) < 4.78 is 66.8. The van der Waals surface area contributed by atoms with Gasteiger partial charge in [0.15, 0.2) is 0 Å². The Hall–Kier alpha value is -3.40. The van der Waals surface area contributed by atoms with E-state index in [0.29, 0.717) is 16.1 Å². The van der Waals surface area contributed by atoms with Gasteiger partial charge >= 0.3 is 6.18 Å². The van der Waals surface area contributed by atoms with Crippen LogP contribution in [0.1, 0.15) is 16.8 Å². The second-order valence-corrected chi connectivity index (χ2v) is 8.83. The van der Waals surface area contributed by atoms with Crippen LogP contribution in [-0.4, -0.2) is 25.9 Å². The van der Waals surface area contributed by atoms with E-state index in [4.69, 9.17) is 0 Å². The van der Waals surface area contributed by atoms with Crippen LogP contribution in [-0.2, 0) is 27.5 Å². The number of aromatic nitrogens is 1. The van der Waals surface area contributed by atoms with Crippen LogP contribution in [0.15, 0.2) is 77.8 Å². The van der Waals surface area contributed by atoms with Gasteiger partial charge in [0.25, 0.3) is 10.0 Å². The first kappa shape index (κ1) is 23.3. The number of aryl methyl sites for hydroxylation is 1. The summed E-state index contributed by atoms with van der Waals surface area (Å²) in [6, 6.07) is 14.8. The zero-order valence-corrected chi connectivity index (χ0v) is 17.8. The highest BCUT2D eigenvalue weighted by atomic mass is 32.2. The molecule has 1 N–H and O–H groups in total. The van der Waals surface area contributed by atoms with Crippen molar-refractivity contribution in [2.24, 2.45) is 0 Å². The standard InChI is InChI=1S/C22H20F3N3O3S/c1-16-8-10-20(11-9-16)32(30,31)28(19-7-4-5-17(13-19)22(23,24)25)15-21(29)27-14-18-6-2-3-12-26-18/h2-13H,14-15H2,1H3,(H,27,29). The summed E-state index contributed by atoms with van der Waals surface area (Å²) in [7, 11) is -4.32. The van der Waals surface area contributed by atoms with Crippen LogP contribution >= 0.6 is 0 Å². The second-order valence-electron chi connectivity index (χ2n) is 6.97. The number of nitrogens with zero attached hydrogens (tertiary/aromatic N) is 2. The number of nitrogens with one attached hydrogen (secondary N) is 1. The molecule has 0 radical (unpaired) electrons. The van der Waals surface area contributed by atoms with Crippen molar-refractivity contribution in [3.05, 3.63) is 89.7 Å². The van der Waals surface area contributed by atoms with Crippen LogP contribution in [0.4, 0.5) is 18.9 Å². The molecule has 0 unspecified atom stereocenters. The first-order valence-electron chi connectivity index (χ1n) is 9.50. The van der Waals surface area contributed by atoms with Crippen LogP contribution in [0.25, 0.3) is 0 Å². The molecule has 0 saturated carbocycles. The number of pyridine rings is 1. The molecule has 0 fully saturated rings. The van der Waals surface area contributed by atoms with Gasteiger partial charge in [0, 0.05) is 6.20 Å². The molecule has 2 aromatic carbocycles. The number of anilines is 1. The molecule has 3 rings (SSSR count). The van der Waals surface area contributed by atoms with E-state index in [-0.39, 0.29) is 17.1 Å². The molecule has 1 amide bonds. The minimum Gasteiger partial charge on any atom is -0.349 e. The van der Waals surface area contributed by atoms with Crippen molar-refractivity contribution in [1.29, 1.82) is 0 Å². The van der Waals surface area contributed by atoms with E-state index in [1.165, 1.54) is 24.4 Å². The van der Waals surface area contributed by atoms with E-state index >= 15 is 0 Å². The molecule has 0 bridgehead atoms. The predicted molar refractivity (Wildman–Crippen MR) is 113 cm³/mol. The van der Waals surface area contributed by atoms with Crippen molar-refractivity contribution in [3.8, 4) is 0 Å². The van der Waals surface area contributed by atoms with Crippen molar-refractivity contribution < 1.29 is 26.4 Å². The summed E-state index contributed by atoms with van der Waals surface area (Å²) in [6.45, 7) is 1.11. The number of carbonyl (C=O) groups excluding carboxylic acids is 1. The maximum absolute atomic E-state index is 13.3. The van der Waals surface area contributed by atoms with Gasteiger partial charge in [0.2, 0.25) is 5.91 Å². The summed E-state index contributed by atoms with van der Waals surface area (Å²) >= 11 is 0. The Bertz CT molecular complexity index is 1180. The number of benzene rings is 2. The summed E-state index contributed by atoms with van der Waals surface area (Å²) in [6.07, 6.45) is -3.13. The molecule has 0 spiro atoms. The third-order valence-electron chi connectivity index (χ3n) is 4.55. The summed E-state index contributed by atoms with van der Waals surface area (Å²) in [5.41, 5.74) is 0.0666. The minimum atomic E-state index is -4.67. The van der Waals surface area contributed by atoms with Crippen LogP contribution in [0.3, 0.4) is 0 Å². The number of hydrogen-bond acceptors (Lipinski definition) is 4. The number of alkyl halides is 3. The van der Waals surface area contributed by atoms with E-state index in [1.54, 1.807) is 37.3 Å².